The van der Waals surface area contributed by atoms with E-state index in [-0.39, 0.29) is 5.75 Å². The van der Waals surface area contributed by atoms with Gasteiger partial charge in [0.25, 0.3) is 0 Å². The van der Waals surface area contributed by atoms with Gasteiger partial charge in [0.2, 0.25) is 0 Å². The number of furan rings is 1. The maximum atomic E-state index is 10.4. The normalized spacial score (nSPS) is 16.0. The number of aromatic hydroxyl groups is 1. The van der Waals surface area contributed by atoms with Crippen LogP contribution in [0.3, 0.4) is 0 Å². The Bertz CT molecular complexity index is 836. The van der Waals surface area contributed by atoms with Crippen molar-refractivity contribution in [1.29, 1.82) is 0 Å². The molecule has 2 aromatic carbocycles. The van der Waals surface area contributed by atoms with Crippen LogP contribution < -0.4 is 4.90 Å². The van der Waals surface area contributed by atoms with Gasteiger partial charge in [-0.1, -0.05) is 28.1 Å². The van der Waals surface area contributed by atoms with Crippen molar-refractivity contribution in [2.24, 2.45) is 0 Å². The van der Waals surface area contributed by atoms with Crippen molar-refractivity contribution in [3.63, 3.8) is 0 Å². The summed E-state index contributed by atoms with van der Waals surface area (Å²) >= 11 is 3.48. The monoisotopic (exact) mass is 386 g/mol. The number of fused-ring (bicyclic) bond motifs is 1. The van der Waals surface area contributed by atoms with Crippen molar-refractivity contribution in [1.82, 2.24) is 4.90 Å². The van der Waals surface area contributed by atoms with Gasteiger partial charge in [0.15, 0.2) is 11.3 Å². The van der Waals surface area contributed by atoms with Crippen LogP contribution >= 0.6 is 15.9 Å². The number of anilines is 1. The van der Waals surface area contributed by atoms with Crippen molar-refractivity contribution < 1.29 is 9.52 Å². The van der Waals surface area contributed by atoms with Crippen molar-refractivity contribution >= 4 is 32.6 Å². The van der Waals surface area contributed by atoms with Crippen LogP contribution in [-0.4, -0.2) is 36.2 Å². The Morgan fingerprint density at radius 3 is 2.46 bits per heavy atom. The zero-order chi connectivity index (χ0) is 16.5. The Morgan fingerprint density at radius 1 is 0.958 bits per heavy atom. The second-order valence-electron chi connectivity index (χ2n) is 6.15. The van der Waals surface area contributed by atoms with Crippen LogP contribution in [0.15, 0.2) is 57.6 Å². The summed E-state index contributed by atoms with van der Waals surface area (Å²) in [4.78, 5) is 4.78. The molecule has 3 aromatic rings. The summed E-state index contributed by atoms with van der Waals surface area (Å²) in [5, 5.41) is 11.3. The van der Waals surface area contributed by atoms with Gasteiger partial charge in [0.05, 0.1) is 6.26 Å². The van der Waals surface area contributed by atoms with E-state index in [0.717, 1.165) is 48.1 Å². The Morgan fingerprint density at radius 2 is 1.71 bits per heavy atom. The van der Waals surface area contributed by atoms with E-state index >= 15 is 0 Å². The number of rotatable bonds is 3. The lowest BCUT2D eigenvalue weighted by Crippen LogP contribution is -2.45. The van der Waals surface area contributed by atoms with Gasteiger partial charge in [-0.05, 0) is 30.3 Å². The molecular weight excluding hydrogens is 368 g/mol. The largest absolute Gasteiger partial charge is 0.504 e. The molecule has 0 radical (unpaired) electrons. The number of halogens is 1. The highest BCUT2D eigenvalue weighted by atomic mass is 79.9. The molecule has 2 heterocycles. The van der Waals surface area contributed by atoms with Gasteiger partial charge in [-0.25, -0.2) is 0 Å². The molecule has 124 valence electrons. The molecule has 0 amide bonds. The molecule has 0 bridgehead atoms. The van der Waals surface area contributed by atoms with E-state index in [1.807, 2.05) is 18.2 Å². The maximum Gasteiger partial charge on any atom is 0.175 e. The molecule has 24 heavy (non-hydrogen) atoms. The molecule has 1 aliphatic rings. The van der Waals surface area contributed by atoms with Crippen LogP contribution in [0.2, 0.25) is 0 Å². The molecule has 0 spiro atoms. The van der Waals surface area contributed by atoms with Crippen molar-refractivity contribution in [2.75, 3.05) is 31.1 Å². The molecule has 1 aliphatic heterocycles. The summed E-state index contributed by atoms with van der Waals surface area (Å²) < 4.78 is 6.49. The average molecular weight is 387 g/mol. The molecule has 0 atom stereocenters. The van der Waals surface area contributed by atoms with Crippen LogP contribution in [0, 0.1) is 0 Å². The quantitative estimate of drug-likeness (QED) is 0.731. The SMILES string of the molecule is Oc1c(CN2CCN(c3ccc(Br)cc3)CC2)ccc2ccoc12. The third-order valence-electron chi connectivity index (χ3n) is 4.64. The number of nitrogens with zero attached hydrogens (tertiary/aromatic N) is 2. The Labute approximate surface area is 149 Å². The number of phenols is 1. The van der Waals surface area contributed by atoms with Crippen LogP contribution in [0.5, 0.6) is 5.75 Å². The lowest BCUT2D eigenvalue weighted by atomic mass is 10.1. The van der Waals surface area contributed by atoms with Crippen LogP contribution in [0.4, 0.5) is 5.69 Å². The molecule has 0 saturated carbocycles. The summed E-state index contributed by atoms with van der Waals surface area (Å²) in [6.07, 6.45) is 1.62. The third-order valence-corrected chi connectivity index (χ3v) is 5.17. The maximum absolute atomic E-state index is 10.4. The molecule has 0 aliphatic carbocycles. The molecule has 5 heteroatoms. The molecule has 1 saturated heterocycles. The van der Waals surface area contributed by atoms with Gasteiger partial charge < -0.3 is 14.4 Å². The molecule has 4 nitrogen and oxygen atoms in total. The Kier molecular flexibility index (Phi) is 4.21. The highest BCUT2D eigenvalue weighted by molar-refractivity contribution is 9.10. The van der Waals surface area contributed by atoms with E-state index in [4.69, 9.17) is 4.42 Å². The van der Waals surface area contributed by atoms with E-state index < -0.39 is 0 Å². The summed E-state index contributed by atoms with van der Waals surface area (Å²) in [6.45, 7) is 4.69. The fourth-order valence-electron chi connectivity index (χ4n) is 3.24. The van der Waals surface area contributed by atoms with E-state index in [0.29, 0.717) is 5.58 Å². The number of hydrogen-bond acceptors (Lipinski definition) is 4. The van der Waals surface area contributed by atoms with Gasteiger partial charge in [0.1, 0.15) is 0 Å². The predicted octanol–water partition coefficient (Wildman–Crippen LogP) is 4.22. The first-order valence-corrected chi connectivity index (χ1v) is 8.91. The van der Waals surface area contributed by atoms with E-state index in [1.54, 1.807) is 6.26 Å². The van der Waals surface area contributed by atoms with E-state index in [2.05, 4.69) is 50.0 Å². The molecule has 0 unspecified atom stereocenters. The molecule has 1 fully saturated rings. The highest BCUT2D eigenvalue weighted by Crippen LogP contribution is 2.30. The second kappa shape index (κ2) is 6.49. The molecule has 1 N–H and O–H groups in total. The number of hydrogen-bond donors (Lipinski definition) is 1. The lowest BCUT2D eigenvalue weighted by Gasteiger charge is -2.36. The second-order valence-corrected chi connectivity index (χ2v) is 7.07. The molecule has 1 aromatic heterocycles. The average Bonchev–Trinajstić information content (AvgIpc) is 3.08. The minimum Gasteiger partial charge on any atom is -0.504 e. The smallest absolute Gasteiger partial charge is 0.175 e. The summed E-state index contributed by atoms with van der Waals surface area (Å²) in [5.74, 6) is 0.271. The van der Waals surface area contributed by atoms with Crippen molar-refractivity contribution in [3.05, 3.63) is 58.8 Å². The summed E-state index contributed by atoms with van der Waals surface area (Å²) in [5.41, 5.74) is 2.77. The minimum atomic E-state index is 0.271. The Balaban J connectivity index is 1.42. The van der Waals surface area contributed by atoms with Crippen LogP contribution in [0.25, 0.3) is 11.0 Å². The Hall–Kier alpha value is -1.98. The third kappa shape index (κ3) is 3.01. The predicted molar refractivity (Wildman–Crippen MR) is 99.5 cm³/mol. The first kappa shape index (κ1) is 15.5. The summed E-state index contributed by atoms with van der Waals surface area (Å²) in [6, 6.07) is 14.3. The van der Waals surface area contributed by atoms with Gasteiger partial charge >= 0.3 is 0 Å². The lowest BCUT2D eigenvalue weighted by molar-refractivity contribution is 0.247. The van der Waals surface area contributed by atoms with Gasteiger partial charge in [-0.15, -0.1) is 0 Å². The van der Waals surface area contributed by atoms with Crippen LogP contribution in [-0.2, 0) is 6.54 Å². The summed E-state index contributed by atoms with van der Waals surface area (Å²) in [7, 11) is 0. The minimum absolute atomic E-state index is 0.271. The number of piperazine rings is 1. The molecular formula is C19H19BrN2O2. The standard InChI is InChI=1S/C19H19BrN2O2/c20-16-3-5-17(6-4-16)22-10-8-21(9-11-22)13-15-2-1-14-7-12-24-19(14)18(15)23/h1-7,12,23H,8-11,13H2. The van der Waals surface area contributed by atoms with Crippen LogP contribution in [0.1, 0.15) is 5.56 Å². The van der Waals surface area contributed by atoms with Gasteiger partial charge in [-0.2, -0.15) is 0 Å². The first-order valence-electron chi connectivity index (χ1n) is 8.11. The molecule has 4 rings (SSSR count). The topological polar surface area (TPSA) is 39.9 Å². The first-order chi connectivity index (χ1) is 11.7. The zero-order valence-corrected chi connectivity index (χ0v) is 14.9. The highest BCUT2D eigenvalue weighted by Gasteiger charge is 2.19. The van der Waals surface area contributed by atoms with Gasteiger partial charge in [-0.3, -0.25) is 4.90 Å². The number of phenolic OH excluding ortho intramolecular Hbond substituents is 1. The van der Waals surface area contributed by atoms with Crippen molar-refractivity contribution in [3.8, 4) is 5.75 Å². The van der Waals surface area contributed by atoms with Gasteiger partial charge in [0, 0.05) is 53.8 Å². The fraction of sp³-hybridized carbons (Fsp3) is 0.263. The van der Waals surface area contributed by atoms with E-state index in [1.165, 1.54) is 5.69 Å². The zero-order valence-electron chi connectivity index (χ0n) is 13.3. The number of benzene rings is 2. The van der Waals surface area contributed by atoms with E-state index in [9.17, 15) is 5.11 Å². The fourth-order valence-corrected chi connectivity index (χ4v) is 3.51. The van der Waals surface area contributed by atoms with Crippen molar-refractivity contribution in [2.45, 2.75) is 6.54 Å².